The van der Waals surface area contributed by atoms with E-state index in [4.69, 9.17) is 0 Å². The average molecular weight is 189 g/mol. The lowest BCUT2D eigenvalue weighted by molar-refractivity contribution is 0.858. The monoisotopic (exact) mass is 189 g/mol. The van der Waals surface area contributed by atoms with Crippen LogP contribution in [0.15, 0.2) is 22.2 Å². The number of hydrogen-bond acceptors (Lipinski definition) is 3. The maximum atomic E-state index is 4.20. The molecule has 0 N–H and O–H groups in total. The molecular weight excluding hydrogens is 174 g/mol. The van der Waals surface area contributed by atoms with Gasteiger partial charge in [0.05, 0.1) is 0 Å². The third kappa shape index (κ3) is 2.25. The van der Waals surface area contributed by atoms with Crippen molar-refractivity contribution in [2.45, 2.75) is 26.7 Å². The summed E-state index contributed by atoms with van der Waals surface area (Å²) in [6.07, 6.45) is 3.55. The predicted molar refractivity (Wildman–Crippen MR) is 61.4 cm³/mol. The second kappa shape index (κ2) is 4.65. The van der Waals surface area contributed by atoms with Crippen LogP contribution in [0.4, 0.5) is 11.5 Å². The molecule has 0 atom stereocenters. The summed E-state index contributed by atoms with van der Waals surface area (Å²) < 4.78 is 0. The van der Waals surface area contributed by atoms with Gasteiger partial charge in [-0.25, -0.2) is 9.98 Å². The molecule has 0 spiro atoms. The van der Waals surface area contributed by atoms with Gasteiger partial charge in [0.2, 0.25) is 0 Å². The quantitative estimate of drug-likeness (QED) is 0.672. The first-order chi connectivity index (χ1) is 6.69. The molecule has 74 valence electrons. The molecule has 14 heavy (non-hydrogen) atoms. The second-order valence-corrected chi connectivity index (χ2v) is 3.31. The molecular formula is C11H15N3. The summed E-state index contributed by atoms with van der Waals surface area (Å²) in [5, 5.41) is 0. The van der Waals surface area contributed by atoms with Crippen molar-refractivity contribution in [3.8, 4) is 0 Å². The zero-order chi connectivity index (χ0) is 10.6. The van der Waals surface area contributed by atoms with Gasteiger partial charge in [-0.15, -0.1) is 0 Å². The highest BCUT2D eigenvalue weighted by molar-refractivity contribution is 5.68. The SMILES string of the molecule is C=Nc1ncc(C(C)C)cc1N=CC. The van der Waals surface area contributed by atoms with Crippen LogP contribution in [0.25, 0.3) is 0 Å². The van der Waals surface area contributed by atoms with Gasteiger partial charge in [-0.05, 0) is 31.2 Å². The largest absolute Gasteiger partial charge is 0.258 e. The summed E-state index contributed by atoms with van der Waals surface area (Å²) in [6.45, 7) is 9.58. The van der Waals surface area contributed by atoms with E-state index in [0.717, 1.165) is 11.3 Å². The van der Waals surface area contributed by atoms with Gasteiger partial charge in [-0.1, -0.05) is 13.8 Å². The van der Waals surface area contributed by atoms with E-state index in [-0.39, 0.29) is 0 Å². The fraction of sp³-hybridized carbons (Fsp3) is 0.364. The van der Waals surface area contributed by atoms with Gasteiger partial charge in [0.15, 0.2) is 5.82 Å². The van der Waals surface area contributed by atoms with Gasteiger partial charge in [-0.3, -0.25) is 4.99 Å². The molecule has 0 radical (unpaired) electrons. The van der Waals surface area contributed by atoms with Crippen molar-refractivity contribution in [1.82, 2.24) is 4.98 Å². The molecule has 0 aromatic carbocycles. The Balaban J connectivity index is 3.20. The molecule has 0 aliphatic carbocycles. The molecule has 1 heterocycles. The predicted octanol–water partition coefficient (Wildman–Crippen LogP) is 3.26. The van der Waals surface area contributed by atoms with E-state index in [0.29, 0.717) is 11.7 Å². The topological polar surface area (TPSA) is 37.6 Å². The molecule has 0 bridgehead atoms. The van der Waals surface area contributed by atoms with Gasteiger partial charge in [0.1, 0.15) is 5.69 Å². The van der Waals surface area contributed by atoms with E-state index in [1.807, 2.05) is 19.2 Å². The fourth-order valence-corrected chi connectivity index (χ4v) is 1.13. The van der Waals surface area contributed by atoms with Crippen LogP contribution in [0.2, 0.25) is 0 Å². The molecule has 0 aliphatic rings. The maximum absolute atomic E-state index is 4.20. The highest BCUT2D eigenvalue weighted by atomic mass is 14.9. The first kappa shape index (κ1) is 10.6. The van der Waals surface area contributed by atoms with Crippen molar-refractivity contribution < 1.29 is 0 Å². The number of nitrogens with zero attached hydrogens (tertiary/aromatic N) is 3. The molecule has 3 nitrogen and oxygen atoms in total. The number of aliphatic imine (C=N–C) groups is 2. The highest BCUT2D eigenvalue weighted by Crippen LogP contribution is 2.28. The maximum Gasteiger partial charge on any atom is 0.177 e. The molecule has 0 amide bonds. The minimum Gasteiger partial charge on any atom is -0.258 e. The molecule has 0 unspecified atom stereocenters. The molecule has 0 fully saturated rings. The Morgan fingerprint density at radius 1 is 1.50 bits per heavy atom. The van der Waals surface area contributed by atoms with Crippen molar-refractivity contribution >= 4 is 24.4 Å². The number of rotatable bonds is 3. The summed E-state index contributed by atoms with van der Waals surface area (Å²) in [6, 6.07) is 2.00. The Morgan fingerprint density at radius 3 is 2.71 bits per heavy atom. The molecule has 1 aromatic rings. The third-order valence-electron chi connectivity index (χ3n) is 1.95. The van der Waals surface area contributed by atoms with Gasteiger partial charge < -0.3 is 0 Å². The minimum absolute atomic E-state index is 0.451. The molecule has 0 saturated carbocycles. The van der Waals surface area contributed by atoms with Crippen molar-refractivity contribution in [2.24, 2.45) is 9.98 Å². The Kier molecular flexibility index (Phi) is 3.51. The lowest BCUT2D eigenvalue weighted by Crippen LogP contribution is -1.88. The smallest absolute Gasteiger partial charge is 0.177 e. The van der Waals surface area contributed by atoms with E-state index in [1.54, 1.807) is 6.21 Å². The Bertz CT molecular complexity index is 354. The summed E-state index contributed by atoms with van der Waals surface area (Å²) in [5.74, 6) is 1.04. The third-order valence-corrected chi connectivity index (χ3v) is 1.95. The van der Waals surface area contributed by atoms with Gasteiger partial charge in [0, 0.05) is 12.4 Å². The van der Waals surface area contributed by atoms with E-state index >= 15 is 0 Å². The summed E-state index contributed by atoms with van der Waals surface area (Å²) in [5.41, 5.74) is 1.95. The first-order valence-electron chi connectivity index (χ1n) is 4.64. The Hall–Kier alpha value is -1.51. The van der Waals surface area contributed by atoms with Crippen LogP contribution >= 0.6 is 0 Å². The first-order valence-corrected chi connectivity index (χ1v) is 4.64. The Labute approximate surface area is 84.6 Å². The van der Waals surface area contributed by atoms with Crippen LogP contribution in [-0.2, 0) is 0 Å². The molecule has 1 aromatic heterocycles. The molecule has 1 rings (SSSR count). The van der Waals surface area contributed by atoms with Crippen LogP contribution in [0.3, 0.4) is 0 Å². The molecule has 3 heteroatoms. The summed E-state index contributed by atoms with van der Waals surface area (Å²) in [4.78, 5) is 12.2. The zero-order valence-electron chi connectivity index (χ0n) is 8.86. The standard InChI is InChI=1S/C11H15N3/c1-5-13-10-6-9(8(2)3)7-14-11(10)12-4/h5-8H,4H2,1-3H3. The van der Waals surface area contributed by atoms with E-state index in [9.17, 15) is 0 Å². The van der Waals surface area contributed by atoms with Crippen LogP contribution in [0, 0.1) is 0 Å². The van der Waals surface area contributed by atoms with Crippen LogP contribution in [0.5, 0.6) is 0 Å². The van der Waals surface area contributed by atoms with E-state index < -0.39 is 0 Å². The van der Waals surface area contributed by atoms with Crippen molar-refractivity contribution in [2.75, 3.05) is 0 Å². The second-order valence-electron chi connectivity index (χ2n) is 3.31. The van der Waals surface area contributed by atoms with Crippen LogP contribution < -0.4 is 0 Å². The van der Waals surface area contributed by atoms with E-state index in [2.05, 4.69) is 35.5 Å². The zero-order valence-corrected chi connectivity index (χ0v) is 8.86. The number of hydrogen-bond donors (Lipinski definition) is 0. The van der Waals surface area contributed by atoms with Crippen molar-refractivity contribution in [1.29, 1.82) is 0 Å². The highest BCUT2D eigenvalue weighted by Gasteiger charge is 2.04. The summed E-state index contributed by atoms with van der Waals surface area (Å²) >= 11 is 0. The number of aromatic nitrogens is 1. The summed E-state index contributed by atoms with van der Waals surface area (Å²) in [7, 11) is 0. The lowest BCUT2D eigenvalue weighted by atomic mass is 10.1. The van der Waals surface area contributed by atoms with Gasteiger partial charge in [0.25, 0.3) is 0 Å². The van der Waals surface area contributed by atoms with Gasteiger partial charge in [-0.2, -0.15) is 0 Å². The molecule has 0 saturated heterocycles. The normalized spacial score (nSPS) is 11.1. The van der Waals surface area contributed by atoms with Crippen LogP contribution in [-0.4, -0.2) is 17.9 Å². The van der Waals surface area contributed by atoms with Crippen molar-refractivity contribution in [3.05, 3.63) is 17.8 Å². The number of pyridine rings is 1. The minimum atomic E-state index is 0.451. The molecule has 0 aliphatic heterocycles. The Morgan fingerprint density at radius 2 is 2.21 bits per heavy atom. The van der Waals surface area contributed by atoms with E-state index in [1.165, 1.54) is 0 Å². The van der Waals surface area contributed by atoms with Gasteiger partial charge >= 0.3 is 0 Å². The van der Waals surface area contributed by atoms with Crippen molar-refractivity contribution in [3.63, 3.8) is 0 Å². The lowest BCUT2D eigenvalue weighted by Gasteiger charge is -2.06. The average Bonchev–Trinajstić information content (AvgIpc) is 2.18. The van der Waals surface area contributed by atoms with Crippen LogP contribution in [0.1, 0.15) is 32.3 Å². The fourth-order valence-electron chi connectivity index (χ4n) is 1.13.